The number of halogens is 4. The molecule has 1 atom stereocenters. The van der Waals surface area contributed by atoms with E-state index in [9.17, 15) is 13.2 Å². The van der Waals surface area contributed by atoms with Crippen molar-refractivity contribution in [3.63, 3.8) is 0 Å². The molecule has 0 bridgehead atoms. The van der Waals surface area contributed by atoms with Crippen LogP contribution < -0.4 is 5.73 Å². The lowest BCUT2D eigenvalue weighted by atomic mass is 10.1. The maximum absolute atomic E-state index is 12.7. The molecule has 0 heterocycles. The van der Waals surface area contributed by atoms with Crippen LogP contribution in [0.3, 0.4) is 0 Å². The molecule has 1 aromatic carbocycles. The fourth-order valence-electron chi connectivity index (χ4n) is 2.28. The molecule has 2 N–H and O–H groups in total. The van der Waals surface area contributed by atoms with E-state index in [1.165, 1.54) is 4.90 Å². The van der Waals surface area contributed by atoms with Crippen molar-refractivity contribution in [3.8, 4) is 0 Å². The first kappa shape index (κ1) is 14.8. The standard InChI is InChI=1S/C13H16BrF3N2/c14-10-3-1-2-9(6-10)12(7-18)19(11-4-5-11)8-13(15,16)17/h1-3,6,11-12H,4-5,7-8,18H2. The largest absolute Gasteiger partial charge is 0.401 e. The first-order valence-corrected chi connectivity index (χ1v) is 6.98. The second-order valence-corrected chi connectivity index (χ2v) is 5.74. The van der Waals surface area contributed by atoms with Crippen LogP contribution in [0, 0.1) is 0 Å². The summed E-state index contributed by atoms with van der Waals surface area (Å²) in [5, 5.41) is 0. The van der Waals surface area contributed by atoms with E-state index in [2.05, 4.69) is 15.9 Å². The first-order valence-electron chi connectivity index (χ1n) is 6.19. The summed E-state index contributed by atoms with van der Waals surface area (Å²) in [6.07, 6.45) is -2.55. The molecule has 2 rings (SSSR count). The molecule has 1 aliphatic rings. The van der Waals surface area contributed by atoms with Crippen LogP contribution in [-0.4, -0.2) is 30.2 Å². The summed E-state index contributed by atoms with van der Waals surface area (Å²) >= 11 is 3.34. The summed E-state index contributed by atoms with van der Waals surface area (Å²) in [6.45, 7) is -0.713. The second-order valence-electron chi connectivity index (χ2n) is 4.83. The molecule has 1 aliphatic carbocycles. The lowest BCUT2D eigenvalue weighted by Gasteiger charge is -2.32. The van der Waals surface area contributed by atoms with Crippen molar-refractivity contribution in [2.75, 3.05) is 13.1 Å². The van der Waals surface area contributed by atoms with Crippen LogP contribution >= 0.6 is 15.9 Å². The fourth-order valence-corrected chi connectivity index (χ4v) is 2.70. The Morgan fingerprint density at radius 2 is 2.05 bits per heavy atom. The maximum Gasteiger partial charge on any atom is 0.401 e. The Kier molecular flexibility index (Phi) is 4.53. The number of hydrogen-bond donors (Lipinski definition) is 1. The minimum absolute atomic E-state index is 0.00848. The molecule has 1 saturated carbocycles. The lowest BCUT2D eigenvalue weighted by molar-refractivity contribution is -0.152. The van der Waals surface area contributed by atoms with Crippen molar-refractivity contribution >= 4 is 15.9 Å². The van der Waals surface area contributed by atoms with Crippen molar-refractivity contribution < 1.29 is 13.2 Å². The molecule has 1 aromatic rings. The van der Waals surface area contributed by atoms with Gasteiger partial charge < -0.3 is 5.73 Å². The van der Waals surface area contributed by atoms with Crippen LogP contribution in [0.25, 0.3) is 0 Å². The van der Waals surface area contributed by atoms with Crippen molar-refractivity contribution in [2.45, 2.75) is 31.1 Å². The van der Waals surface area contributed by atoms with Crippen molar-refractivity contribution in [2.24, 2.45) is 5.73 Å². The summed E-state index contributed by atoms with van der Waals surface area (Å²) in [5.74, 6) is 0. The van der Waals surface area contributed by atoms with Crippen LogP contribution in [0.1, 0.15) is 24.4 Å². The summed E-state index contributed by atoms with van der Waals surface area (Å²) in [7, 11) is 0. The van der Waals surface area contributed by atoms with E-state index in [-0.39, 0.29) is 18.6 Å². The van der Waals surface area contributed by atoms with Crippen molar-refractivity contribution in [1.82, 2.24) is 4.90 Å². The molecule has 0 amide bonds. The van der Waals surface area contributed by atoms with E-state index < -0.39 is 12.7 Å². The van der Waals surface area contributed by atoms with Gasteiger partial charge in [0.05, 0.1) is 6.54 Å². The van der Waals surface area contributed by atoms with E-state index in [1.807, 2.05) is 24.3 Å². The SMILES string of the molecule is NCC(c1cccc(Br)c1)N(CC(F)(F)F)C1CC1. The average molecular weight is 337 g/mol. The minimum Gasteiger partial charge on any atom is -0.329 e. The highest BCUT2D eigenvalue weighted by molar-refractivity contribution is 9.10. The molecule has 1 unspecified atom stereocenters. The van der Waals surface area contributed by atoms with E-state index in [0.29, 0.717) is 0 Å². The quantitative estimate of drug-likeness (QED) is 0.891. The zero-order valence-corrected chi connectivity index (χ0v) is 11.9. The fraction of sp³-hybridized carbons (Fsp3) is 0.538. The Morgan fingerprint density at radius 1 is 1.37 bits per heavy atom. The third-order valence-corrected chi connectivity index (χ3v) is 3.73. The Hall–Kier alpha value is -0.590. The number of benzene rings is 1. The van der Waals surface area contributed by atoms with Gasteiger partial charge in [0.2, 0.25) is 0 Å². The molecule has 2 nitrogen and oxygen atoms in total. The Labute approximate surface area is 118 Å². The van der Waals surface area contributed by atoms with E-state index in [1.54, 1.807) is 0 Å². The van der Waals surface area contributed by atoms with Gasteiger partial charge in [-0.25, -0.2) is 0 Å². The molecule has 0 radical (unpaired) electrons. The van der Waals surface area contributed by atoms with Gasteiger partial charge in [0.15, 0.2) is 0 Å². The van der Waals surface area contributed by atoms with Gasteiger partial charge in [-0.2, -0.15) is 13.2 Å². The van der Waals surface area contributed by atoms with Gasteiger partial charge >= 0.3 is 6.18 Å². The predicted octanol–water partition coefficient (Wildman–Crippen LogP) is 3.48. The molecule has 0 aliphatic heterocycles. The molecule has 19 heavy (non-hydrogen) atoms. The number of alkyl halides is 3. The van der Waals surface area contributed by atoms with Crippen molar-refractivity contribution in [1.29, 1.82) is 0 Å². The van der Waals surface area contributed by atoms with Crippen LogP contribution in [0.5, 0.6) is 0 Å². The van der Waals surface area contributed by atoms with Crippen LogP contribution in [-0.2, 0) is 0 Å². The Balaban J connectivity index is 2.22. The molecule has 0 spiro atoms. The minimum atomic E-state index is -4.19. The van der Waals surface area contributed by atoms with E-state index >= 15 is 0 Å². The van der Waals surface area contributed by atoms with Gasteiger partial charge in [-0.1, -0.05) is 28.1 Å². The number of hydrogen-bond acceptors (Lipinski definition) is 2. The van der Waals surface area contributed by atoms with Gasteiger partial charge in [-0.05, 0) is 30.5 Å². The van der Waals surface area contributed by atoms with Gasteiger partial charge in [0.1, 0.15) is 0 Å². The molecule has 0 saturated heterocycles. The van der Waals surface area contributed by atoms with Crippen molar-refractivity contribution in [3.05, 3.63) is 34.3 Å². The third-order valence-electron chi connectivity index (χ3n) is 3.23. The zero-order chi connectivity index (χ0) is 14.0. The highest BCUT2D eigenvalue weighted by atomic mass is 79.9. The Morgan fingerprint density at radius 3 is 2.53 bits per heavy atom. The molecule has 1 fully saturated rings. The van der Waals surface area contributed by atoms with Gasteiger partial charge in [0.25, 0.3) is 0 Å². The Bertz CT molecular complexity index is 432. The highest BCUT2D eigenvalue weighted by Crippen LogP contribution is 2.36. The molecular weight excluding hydrogens is 321 g/mol. The van der Waals surface area contributed by atoms with Crippen LogP contribution in [0.4, 0.5) is 13.2 Å². The van der Waals surface area contributed by atoms with E-state index in [4.69, 9.17) is 5.73 Å². The summed E-state index contributed by atoms with van der Waals surface area (Å²) in [4.78, 5) is 1.49. The molecular formula is C13H16BrF3N2. The van der Waals surface area contributed by atoms with Crippen LogP contribution in [0.15, 0.2) is 28.7 Å². The number of rotatable bonds is 5. The molecule has 106 valence electrons. The van der Waals surface area contributed by atoms with Gasteiger partial charge in [0, 0.05) is 23.1 Å². The lowest BCUT2D eigenvalue weighted by Crippen LogP contribution is -2.41. The first-order chi connectivity index (χ1) is 8.90. The second kappa shape index (κ2) is 5.81. The van der Waals surface area contributed by atoms with E-state index in [0.717, 1.165) is 22.9 Å². The molecule has 0 aromatic heterocycles. The summed E-state index contributed by atoms with van der Waals surface area (Å²) in [6, 6.07) is 6.96. The topological polar surface area (TPSA) is 29.3 Å². The van der Waals surface area contributed by atoms with Crippen LogP contribution in [0.2, 0.25) is 0 Å². The van der Waals surface area contributed by atoms with Gasteiger partial charge in [-0.3, -0.25) is 4.90 Å². The van der Waals surface area contributed by atoms with Gasteiger partial charge in [-0.15, -0.1) is 0 Å². The average Bonchev–Trinajstić information content (AvgIpc) is 3.11. The number of nitrogens with two attached hydrogens (primary N) is 1. The summed E-state index contributed by atoms with van der Waals surface area (Å²) < 4.78 is 38.9. The monoisotopic (exact) mass is 336 g/mol. The highest BCUT2D eigenvalue weighted by Gasteiger charge is 2.41. The number of nitrogens with zero attached hydrogens (tertiary/aromatic N) is 1. The molecule has 6 heteroatoms. The smallest absolute Gasteiger partial charge is 0.329 e. The third kappa shape index (κ3) is 4.19. The zero-order valence-electron chi connectivity index (χ0n) is 10.3. The maximum atomic E-state index is 12.7. The predicted molar refractivity (Wildman–Crippen MR) is 71.7 cm³/mol. The normalized spacial score (nSPS) is 17.8. The summed E-state index contributed by atoms with van der Waals surface area (Å²) in [5.41, 5.74) is 6.54.